The van der Waals surface area contributed by atoms with E-state index in [1.807, 2.05) is 30.3 Å². The molecule has 0 radical (unpaired) electrons. The van der Waals surface area contributed by atoms with Crippen LogP contribution in [0, 0.1) is 0 Å². The average Bonchev–Trinajstić information content (AvgIpc) is 3.10. The minimum atomic E-state index is -3.51. The van der Waals surface area contributed by atoms with Crippen molar-refractivity contribution in [3.05, 3.63) is 60.2 Å². The summed E-state index contributed by atoms with van der Waals surface area (Å²) in [5.41, 5.74) is 1.41. The molecule has 3 aromatic rings. The minimum Gasteiger partial charge on any atom is -0.403 e. The third-order valence-electron chi connectivity index (χ3n) is 3.76. The van der Waals surface area contributed by atoms with Crippen LogP contribution in [0.25, 0.3) is 11.5 Å². The lowest BCUT2D eigenvalue weighted by molar-refractivity contribution is -0.115. The molecule has 1 N–H and O–H groups in total. The molecule has 2 aromatic carbocycles. The van der Waals surface area contributed by atoms with Crippen molar-refractivity contribution in [1.29, 1.82) is 0 Å². The number of hydrogen-bond acceptors (Lipinski definition) is 6. The molecule has 0 aliphatic carbocycles. The first-order chi connectivity index (χ1) is 12.9. The molecule has 0 aliphatic heterocycles. The van der Waals surface area contributed by atoms with Gasteiger partial charge in [-0.2, -0.15) is 0 Å². The van der Waals surface area contributed by atoms with Crippen molar-refractivity contribution in [2.24, 2.45) is 0 Å². The summed E-state index contributed by atoms with van der Waals surface area (Å²) in [5.74, 6) is -0.0948. The van der Waals surface area contributed by atoms with E-state index in [2.05, 4.69) is 15.5 Å². The Labute approximate surface area is 156 Å². The predicted molar refractivity (Wildman–Crippen MR) is 99.4 cm³/mol. The molecule has 27 heavy (non-hydrogen) atoms. The van der Waals surface area contributed by atoms with Crippen LogP contribution in [-0.2, 0) is 21.2 Å². The standard InChI is InChI=1S/C18H18N4O4S/c1-22(2)27(24,25)15-10-8-14(9-11-15)17-20-21-18(26-17)19-16(23)12-13-6-4-3-5-7-13/h3-11H,12H2,1-2H3,(H,19,21,23). The zero-order chi connectivity index (χ0) is 19.4. The molecule has 1 aromatic heterocycles. The summed E-state index contributed by atoms with van der Waals surface area (Å²) in [6.07, 6.45) is 0.190. The van der Waals surface area contributed by atoms with E-state index in [1.165, 1.54) is 26.2 Å². The number of nitrogens with zero attached hydrogens (tertiary/aromatic N) is 3. The van der Waals surface area contributed by atoms with Crippen molar-refractivity contribution in [2.75, 3.05) is 19.4 Å². The van der Waals surface area contributed by atoms with E-state index in [1.54, 1.807) is 12.1 Å². The van der Waals surface area contributed by atoms with Crippen LogP contribution >= 0.6 is 0 Å². The average molecular weight is 386 g/mol. The van der Waals surface area contributed by atoms with Crippen LogP contribution in [-0.4, -0.2) is 42.9 Å². The van der Waals surface area contributed by atoms with Gasteiger partial charge in [0.05, 0.1) is 11.3 Å². The maximum atomic E-state index is 12.1. The second-order valence-corrected chi connectivity index (χ2v) is 8.09. The van der Waals surface area contributed by atoms with E-state index in [-0.39, 0.29) is 29.1 Å². The van der Waals surface area contributed by atoms with Gasteiger partial charge in [-0.15, -0.1) is 5.10 Å². The van der Waals surface area contributed by atoms with E-state index in [0.717, 1.165) is 9.87 Å². The van der Waals surface area contributed by atoms with Gasteiger partial charge in [0.15, 0.2) is 0 Å². The fourth-order valence-electron chi connectivity index (χ4n) is 2.32. The lowest BCUT2D eigenvalue weighted by Gasteiger charge is -2.11. The molecule has 9 heteroatoms. The summed E-state index contributed by atoms with van der Waals surface area (Å²) in [6, 6.07) is 15.3. The van der Waals surface area contributed by atoms with Gasteiger partial charge in [0.25, 0.3) is 0 Å². The summed E-state index contributed by atoms with van der Waals surface area (Å²) < 4.78 is 30.7. The Kier molecular flexibility index (Phi) is 5.33. The first-order valence-corrected chi connectivity index (χ1v) is 9.50. The fraction of sp³-hybridized carbons (Fsp3) is 0.167. The first kappa shape index (κ1) is 18.7. The molecular weight excluding hydrogens is 368 g/mol. The molecule has 0 aliphatic rings. The highest BCUT2D eigenvalue weighted by atomic mass is 32.2. The molecule has 1 amide bonds. The number of carbonyl (C=O) groups is 1. The SMILES string of the molecule is CN(C)S(=O)(=O)c1ccc(-c2nnc(NC(=O)Cc3ccccc3)o2)cc1. The van der Waals surface area contributed by atoms with Crippen LogP contribution in [0.4, 0.5) is 6.01 Å². The first-order valence-electron chi connectivity index (χ1n) is 8.06. The second kappa shape index (κ2) is 7.68. The summed E-state index contributed by atoms with van der Waals surface area (Å²) in [7, 11) is -0.579. The van der Waals surface area contributed by atoms with E-state index in [4.69, 9.17) is 4.42 Å². The normalized spacial score (nSPS) is 11.5. The number of carbonyl (C=O) groups excluding carboxylic acids is 1. The number of nitrogens with one attached hydrogen (secondary N) is 1. The number of anilines is 1. The molecule has 0 fully saturated rings. The molecule has 3 rings (SSSR count). The van der Waals surface area contributed by atoms with Gasteiger partial charge in [-0.25, -0.2) is 12.7 Å². The Hall–Kier alpha value is -3.04. The molecule has 0 saturated carbocycles. The lowest BCUT2D eigenvalue weighted by Crippen LogP contribution is -2.22. The number of rotatable bonds is 6. The van der Waals surface area contributed by atoms with Crippen molar-refractivity contribution < 1.29 is 17.6 Å². The van der Waals surface area contributed by atoms with Crippen LogP contribution in [0.15, 0.2) is 63.9 Å². The lowest BCUT2D eigenvalue weighted by atomic mass is 10.1. The smallest absolute Gasteiger partial charge is 0.322 e. The fourth-order valence-corrected chi connectivity index (χ4v) is 3.22. The Balaban J connectivity index is 1.69. The third kappa shape index (κ3) is 4.39. The molecule has 0 spiro atoms. The van der Waals surface area contributed by atoms with Crippen molar-refractivity contribution in [3.63, 3.8) is 0 Å². The third-order valence-corrected chi connectivity index (χ3v) is 5.59. The van der Waals surface area contributed by atoms with Gasteiger partial charge >= 0.3 is 6.01 Å². The van der Waals surface area contributed by atoms with Gasteiger partial charge in [0.1, 0.15) is 0 Å². The summed E-state index contributed by atoms with van der Waals surface area (Å²) >= 11 is 0. The van der Waals surface area contributed by atoms with Gasteiger partial charge in [-0.3, -0.25) is 10.1 Å². The Morgan fingerprint density at radius 3 is 2.33 bits per heavy atom. The number of sulfonamides is 1. The van der Waals surface area contributed by atoms with Crippen LogP contribution in [0.5, 0.6) is 0 Å². The molecule has 1 heterocycles. The Morgan fingerprint density at radius 1 is 1.04 bits per heavy atom. The molecular formula is C18H18N4O4S. The van der Waals surface area contributed by atoms with Crippen molar-refractivity contribution in [1.82, 2.24) is 14.5 Å². The zero-order valence-corrected chi connectivity index (χ0v) is 15.6. The monoisotopic (exact) mass is 386 g/mol. The van der Waals surface area contributed by atoms with Gasteiger partial charge in [-0.05, 0) is 29.8 Å². The number of benzene rings is 2. The molecule has 0 atom stereocenters. The van der Waals surface area contributed by atoms with Crippen molar-refractivity contribution >= 4 is 21.9 Å². The maximum absolute atomic E-state index is 12.1. The van der Waals surface area contributed by atoms with E-state index in [9.17, 15) is 13.2 Å². The maximum Gasteiger partial charge on any atom is 0.322 e. The van der Waals surface area contributed by atoms with Gasteiger partial charge < -0.3 is 4.42 Å². The quantitative estimate of drug-likeness (QED) is 0.696. The Bertz CT molecular complexity index is 1030. The van der Waals surface area contributed by atoms with Crippen molar-refractivity contribution in [3.8, 4) is 11.5 Å². The minimum absolute atomic E-state index is 0.0177. The van der Waals surface area contributed by atoms with Gasteiger partial charge in [-0.1, -0.05) is 35.4 Å². The highest BCUT2D eigenvalue weighted by Crippen LogP contribution is 2.22. The second-order valence-electron chi connectivity index (χ2n) is 5.93. The van der Waals surface area contributed by atoms with Crippen LogP contribution < -0.4 is 5.32 Å². The largest absolute Gasteiger partial charge is 0.403 e. The number of amides is 1. The van der Waals surface area contributed by atoms with Gasteiger partial charge in [0.2, 0.25) is 21.8 Å². The number of hydrogen-bond donors (Lipinski definition) is 1. The van der Waals surface area contributed by atoms with E-state index >= 15 is 0 Å². The molecule has 0 bridgehead atoms. The molecule has 8 nitrogen and oxygen atoms in total. The Morgan fingerprint density at radius 2 is 1.70 bits per heavy atom. The van der Waals surface area contributed by atoms with Crippen molar-refractivity contribution in [2.45, 2.75) is 11.3 Å². The number of aromatic nitrogens is 2. The van der Waals surface area contributed by atoms with Crippen LogP contribution in [0.2, 0.25) is 0 Å². The molecule has 0 unspecified atom stereocenters. The molecule has 140 valence electrons. The van der Waals surface area contributed by atoms with Crippen LogP contribution in [0.3, 0.4) is 0 Å². The van der Waals surface area contributed by atoms with E-state index < -0.39 is 10.0 Å². The van der Waals surface area contributed by atoms with Crippen LogP contribution in [0.1, 0.15) is 5.56 Å². The summed E-state index contributed by atoms with van der Waals surface area (Å²) in [6.45, 7) is 0. The van der Waals surface area contributed by atoms with E-state index in [0.29, 0.717) is 5.56 Å². The summed E-state index contributed by atoms with van der Waals surface area (Å²) in [4.78, 5) is 12.2. The van der Waals surface area contributed by atoms with Gasteiger partial charge in [0, 0.05) is 19.7 Å². The summed E-state index contributed by atoms with van der Waals surface area (Å²) in [5, 5.41) is 10.2. The highest BCUT2D eigenvalue weighted by molar-refractivity contribution is 7.89. The zero-order valence-electron chi connectivity index (χ0n) is 14.8. The molecule has 0 saturated heterocycles. The highest BCUT2D eigenvalue weighted by Gasteiger charge is 2.18. The predicted octanol–water partition coefficient (Wildman–Crippen LogP) is 2.17. The topological polar surface area (TPSA) is 105 Å².